The molecule has 1 fully saturated rings. The molecule has 3 heterocycles. The van der Waals surface area contributed by atoms with E-state index < -0.39 is 28.0 Å². The number of piperidine rings is 1. The molecule has 1 aliphatic heterocycles. The van der Waals surface area contributed by atoms with Crippen molar-refractivity contribution in [3.8, 4) is 0 Å². The molecule has 1 saturated heterocycles. The molecule has 3 rings (SSSR count). The van der Waals surface area contributed by atoms with E-state index in [1.165, 1.54) is 10.4 Å². The summed E-state index contributed by atoms with van der Waals surface area (Å²) >= 11 is 4.29. The molecular weight excluding hydrogens is 435 g/mol. The molecule has 1 aliphatic rings. The van der Waals surface area contributed by atoms with Gasteiger partial charge in [-0.25, -0.2) is 8.42 Å². The Morgan fingerprint density at radius 3 is 2.67 bits per heavy atom. The second kappa shape index (κ2) is 6.39. The highest BCUT2D eigenvalue weighted by Crippen LogP contribution is 2.35. The topological polar surface area (TPSA) is 76.3 Å². The molecule has 2 aromatic rings. The largest absolute Gasteiger partial charge is 0.470 e. The Hall–Kier alpha value is -0.980. The number of halogens is 4. The zero-order chi connectivity index (χ0) is 17.5. The lowest BCUT2D eigenvalue weighted by atomic mass is 10.00. The zero-order valence-electron chi connectivity index (χ0n) is 12.0. The second-order valence-electron chi connectivity index (χ2n) is 5.20. The van der Waals surface area contributed by atoms with Crippen molar-refractivity contribution in [2.24, 2.45) is 0 Å². The molecule has 6 nitrogen and oxygen atoms in total. The predicted molar refractivity (Wildman–Crippen MR) is 82.1 cm³/mol. The van der Waals surface area contributed by atoms with E-state index in [9.17, 15) is 21.6 Å². The fourth-order valence-corrected chi connectivity index (χ4v) is 6.13. The minimum absolute atomic E-state index is 0.0113. The third-order valence-electron chi connectivity index (χ3n) is 3.56. The van der Waals surface area contributed by atoms with Crippen LogP contribution in [-0.2, 0) is 16.2 Å². The molecule has 0 spiro atoms. The minimum atomic E-state index is -4.71. The van der Waals surface area contributed by atoms with E-state index in [4.69, 9.17) is 0 Å². The Bertz CT molecular complexity index is 834. The number of sulfonamides is 1. The maximum absolute atomic E-state index is 12.6. The number of rotatable bonds is 3. The van der Waals surface area contributed by atoms with Crippen molar-refractivity contribution in [2.45, 2.75) is 29.1 Å². The van der Waals surface area contributed by atoms with Gasteiger partial charge in [-0.15, -0.1) is 21.5 Å². The highest BCUT2D eigenvalue weighted by Gasteiger charge is 2.40. The van der Waals surface area contributed by atoms with Gasteiger partial charge in [0.15, 0.2) is 0 Å². The third kappa shape index (κ3) is 3.51. The summed E-state index contributed by atoms with van der Waals surface area (Å²) < 4.78 is 69.7. The number of hydrogen-bond donors (Lipinski definition) is 0. The van der Waals surface area contributed by atoms with Crippen molar-refractivity contribution in [1.82, 2.24) is 14.5 Å². The minimum Gasteiger partial charge on any atom is -0.417 e. The molecule has 24 heavy (non-hydrogen) atoms. The molecule has 0 radical (unpaired) electrons. The van der Waals surface area contributed by atoms with Gasteiger partial charge in [0.25, 0.3) is 10.0 Å². The van der Waals surface area contributed by atoms with E-state index in [0.717, 1.165) is 11.3 Å². The molecule has 12 heteroatoms. The number of nitrogens with zero attached hydrogens (tertiary/aromatic N) is 3. The van der Waals surface area contributed by atoms with Crippen molar-refractivity contribution in [1.29, 1.82) is 0 Å². The summed E-state index contributed by atoms with van der Waals surface area (Å²) in [6.45, 7) is 0.311. The quantitative estimate of drug-likeness (QED) is 0.722. The highest BCUT2D eigenvalue weighted by molar-refractivity contribution is 9.11. The Labute approximate surface area is 147 Å². The van der Waals surface area contributed by atoms with Crippen molar-refractivity contribution >= 4 is 37.3 Å². The summed E-state index contributed by atoms with van der Waals surface area (Å²) in [5.41, 5.74) is 0. The van der Waals surface area contributed by atoms with Crippen molar-refractivity contribution < 1.29 is 26.0 Å². The maximum Gasteiger partial charge on any atom is 0.470 e. The molecular formula is C12H11BrF3N3O3S2. The van der Waals surface area contributed by atoms with Crippen LogP contribution >= 0.6 is 27.3 Å². The van der Waals surface area contributed by atoms with Crippen LogP contribution < -0.4 is 0 Å². The van der Waals surface area contributed by atoms with Gasteiger partial charge in [0.2, 0.25) is 5.89 Å². The number of hydrogen-bond acceptors (Lipinski definition) is 6. The number of thiophene rings is 1. The Morgan fingerprint density at radius 1 is 1.33 bits per heavy atom. The van der Waals surface area contributed by atoms with Gasteiger partial charge in [0, 0.05) is 13.1 Å². The average molecular weight is 446 g/mol. The van der Waals surface area contributed by atoms with Crippen LogP contribution in [0.15, 0.2) is 24.5 Å². The maximum atomic E-state index is 12.6. The summed E-state index contributed by atoms with van der Waals surface area (Å²) in [5.74, 6) is -2.16. The van der Waals surface area contributed by atoms with E-state index >= 15 is 0 Å². The summed E-state index contributed by atoms with van der Waals surface area (Å²) in [6.07, 6.45) is -3.73. The lowest BCUT2D eigenvalue weighted by Crippen LogP contribution is -2.38. The summed E-state index contributed by atoms with van der Waals surface area (Å²) in [5, 5.41) is 6.43. The van der Waals surface area contributed by atoms with Crippen molar-refractivity contribution in [2.75, 3.05) is 13.1 Å². The van der Waals surface area contributed by atoms with Gasteiger partial charge in [-0.05, 0) is 40.9 Å². The monoisotopic (exact) mass is 445 g/mol. The van der Waals surface area contributed by atoms with Crippen LogP contribution in [-0.4, -0.2) is 36.0 Å². The van der Waals surface area contributed by atoms with Gasteiger partial charge in [-0.2, -0.15) is 17.5 Å². The molecule has 0 aromatic carbocycles. The van der Waals surface area contributed by atoms with Gasteiger partial charge in [-0.3, -0.25) is 0 Å². The molecule has 0 aliphatic carbocycles. The molecule has 1 atom stereocenters. The van der Waals surface area contributed by atoms with Gasteiger partial charge in [0.05, 0.1) is 9.70 Å². The molecule has 0 amide bonds. The number of alkyl halides is 3. The fraction of sp³-hybridized carbons (Fsp3) is 0.500. The van der Waals surface area contributed by atoms with E-state index in [-0.39, 0.29) is 16.6 Å². The average Bonchev–Trinajstić information content (AvgIpc) is 3.16. The smallest absolute Gasteiger partial charge is 0.417 e. The first-order chi connectivity index (χ1) is 11.2. The first-order valence-electron chi connectivity index (χ1n) is 6.84. The van der Waals surface area contributed by atoms with Crippen LogP contribution in [0, 0.1) is 0 Å². The van der Waals surface area contributed by atoms with E-state index in [1.54, 1.807) is 6.07 Å². The van der Waals surface area contributed by atoms with Gasteiger partial charge in [0.1, 0.15) is 4.21 Å². The molecule has 132 valence electrons. The summed E-state index contributed by atoms with van der Waals surface area (Å²) in [6, 6.07) is 3.12. The van der Waals surface area contributed by atoms with Crippen LogP contribution in [0.25, 0.3) is 0 Å². The van der Waals surface area contributed by atoms with E-state index in [0.29, 0.717) is 23.2 Å². The molecule has 1 unspecified atom stereocenters. The highest BCUT2D eigenvalue weighted by atomic mass is 79.9. The SMILES string of the molecule is O=S(=O)(c1ccc(Br)s1)N1CCCC(c2nnc(C(F)(F)F)o2)C1. The van der Waals surface area contributed by atoms with Crippen LogP contribution in [0.1, 0.15) is 30.5 Å². The first kappa shape index (κ1) is 17.8. The van der Waals surface area contributed by atoms with Crippen LogP contribution in [0.5, 0.6) is 0 Å². The lowest BCUT2D eigenvalue weighted by Gasteiger charge is -2.29. The Morgan fingerprint density at radius 2 is 2.08 bits per heavy atom. The Balaban J connectivity index is 1.81. The third-order valence-corrected chi connectivity index (χ3v) is 7.52. The van der Waals surface area contributed by atoms with Crippen molar-refractivity contribution in [3.63, 3.8) is 0 Å². The lowest BCUT2D eigenvalue weighted by molar-refractivity contribution is -0.157. The summed E-state index contributed by atoms with van der Waals surface area (Å²) in [7, 11) is -3.69. The molecule has 0 bridgehead atoms. The van der Waals surface area contributed by atoms with Crippen LogP contribution in [0.4, 0.5) is 13.2 Å². The summed E-state index contributed by atoms with van der Waals surface area (Å²) in [4.78, 5) is 0. The number of aromatic nitrogens is 2. The van der Waals surface area contributed by atoms with E-state index in [1.807, 2.05) is 0 Å². The van der Waals surface area contributed by atoms with Gasteiger partial charge >= 0.3 is 12.1 Å². The molecule has 0 N–H and O–H groups in total. The molecule has 2 aromatic heterocycles. The first-order valence-corrected chi connectivity index (χ1v) is 9.89. The predicted octanol–water partition coefficient (Wildman–Crippen LogP) is 3.48. The van der Waals surface area contributed by atoms with Gasteiger partial charge < -0.3 is 4.42 Å². The van der Waals surface area contributed by atoms with Crippen LogP contribution in [0.2, 0.25) is 0 Å². The fourth-order valence-electron chi connectivity index (χ4n) is 2.44. The van der Waals surface area contributed by atoms with Gasteiger partial charge in [-0.1, -0.05) is 0 Å². The van der Waals surface area contributed by atoms with E-state index in [2.05, 4.69) is 30.5 Å². The standard InChI is InChI=1S/C12H11BrF3N3O3S2/c13-8-3-4-9(23-8)24(20,21)19-5-1-2-7(6-19)10-17-18-11(22-10)12(14,15)16/h3-4,7H,1-2,5-6H2. The second-order valence-corrected chi connectivity index (χ2v) is 9.83. The Kier molecular flexibility index (Phi) is 4.75. The zero-order valence-corrected chi connectivity index (χ0v) is 15.2. The molecule has 0 saturated carbocycles. The normalized spacial score (nSPS) is 20.4. The van der Waals surface area contributed by atoms with Crippen molar-refractivity contribution in [3.05, 3.63) is 27.7 Å². The van der Waals surface area contributed by atoms with Crippen LogP contribution in [0.3, 0.4) is 0 Å².